The van der Waals surface area contributed by atoms with Gasteiger partial charge < -0.3 is 10.1 Å². The first kappa shape index (κ1) is 12.0. The molecule has 2 rings (SSSR count). The predicted molar refractivity (Wildman–Crippen MR) is 68.2 cm³/mol. The van der Waals surface area contributed by atoms with Crippen molar-refractivity contribution in [3.8, 4) is 0 Å². The summed E-state index contributed by atoms with van der Waals surface area (Å²) < 4.78 is 4.91. The Morgan fingerprint density at radius 2 is 2.18 bits per heavy atom. The lowest BCUT2D eigenvalue weighted by Crippen LogP contribution is -2.18. The van der Waals surface area contributed by atoms with Crippen molar-refractivity contribution in [3.05, 3.63) is 29.3 Å². The van der Waals surface area contributed by atoms with E-state index in [0.717, 1.165) is 18.5 Å². The van der Waals surface area contributed by atoms with E-state index in [1.54, 1.807) is 0 Å². The van der Waals surface area contributed by atoms with Crippen molar-refractivity contribution < 1.29 is 9.53 Å². The van der Waals surface area contributed by atoms with Gasteiger partial charge in [0.05, 0.1) is 6.61 Å². The van der Waals surface area contributed by atoms with Crippen LogP contribution in [-0.4, -0.2) is 19.1 Å². The second-order valence-electron chi connectivity index (χ2n) is 4.31. The van der Waals surface area contributed by atoms with Crippen LogP contribution in [0.25, 0.3) is 0 Å². The smallest absolute Gasteiger partial charge is 0.325 e. The van der Waals surface area contributed by atoms with Crippen LogP contribution in [0.2, 0.25) is 0 Å². The number of anilines is 1. The minimum Gasteiger partial charge on any atom is -0.465 e. The molecule has 92 valence electrons. The molecule has 3 heteroatoms. The van der Waals surface area contributed by atoms with Crippen LogP contribution in [0.15, 0.2) is 18.2 Å². The largest absolute Gasteiger partial charge is 0.465 e. The summed E-state index contributed by atoms with van der Waals surface area (Å²) in [7, 11) is 0. The Kier molecular flexibility index (Phi) is 4.02. The van der Waals surface area contributed by atoms with Gasteiger partial charge in [0.1, 0.15) is 6.54 Å². The van der Waals surface area contributed by atoms with Gasteiger partial charge >= 0.3 is 5.97 Å². The van der Waals surface area contributed by atoms with Crippen LogP contribution in [0.3, 0.4) is 0 Å². The van der Waals surface area contributed by atoms with Crippen molar-refractivity contribution in [2.75, 3.05) is 18.5 Å². The van der Waals surface area contributed by atoms with Crippen molar-refractivity contribution in [1.82, 2.24) is 0 Å². The molecule has 0 aromatic heterocycles. The molecule has 0 atom stereocenters. The molecule has 0 fully saturated rings. The standard InChI is InChI=1S/C14H19NO2/c1-2-17-14(16)10-15-13-9-5-7-11-6-3-4-8-12(11)13/h5,7,9,15H,2-4,6,8,10H2,1H3. The van der Waals surface area contributed by atoms with Crippen LogP contribution in [-0.2, 0) is 22.4 Å². The van der Waals surface area contributed by atoms with Crippen molar-refractivity contribution in [2.45, 2.75) is 32.6 Å². The van der Waals surface area contributed by atoms with E-state index < -0.39 is 0 Å². The number of nitrogens with one attached hydrogen (secondary N) is 1. The number of benzene rings is 1. The molecular formula is C14H19NO2. The SMILES string of the molecule is CCOC(=O)CNc1cccc2c1CCCC2. The Balaban J connectivity index is 2.03. The van der Waals surface area contributed by atoms with Crippen LogP contribution in [0.4, 0.5) is 5.69 Å². The number of aryl methyl sites for hydroxylation is 1. The fraction of sp³-hybridized carbons (Fsp3) is 0.500. The zero-order chi connectivity index (χ0) is 12.1. The zero-order valence-corrected chi connectivity index (χ0v) is 10.3. The number of hydrogen-bond acceptors (Lipinski definition) is 3. The molecule has 0 aliphatic heterocycles. The van der Waals surface area contributed by atoms with Gasteiger partial charge in [-0.25, -0.2) is 0 Å². The van der Waals surface area contributed by atoms with E-state index in [1.807, 2.05) is 13.0 Å². The molecule has 17 heavy (non-hydrogen) atoms. The Labute approximate surface area is 102 Å². The fourth-order valence-electron chi connectivity index (χ4n) is 2.33. The minimum atomic E-state index is -0.194. The minimum absolute atomic E-state index is 0.194. The number of hydrogen-bond donors (Lipinski definition) is 1. The molecule has 0 bridgehead atoms. The van der Waals surface area contributed by atoms with E-state index in [9.17, 15) is 4.79 Å². The van der Waals surface area contributed by atoms with Crippen LogP contribution in [0, 0.1) is 0 Å². The first-order chi connectivity index (χ1) is 8.31. The lowest BCUT2D eigenvalue weighted by molar-refractivity contribution is -0.140. The molecule has 0 saturated carbocycles. The van der Waals surface area contributed by atoms with Crippen LogP contribution < -0.4 is 5.32 Å². The Hall–Kier alpha value is -1.51. The van der Waals surface area contributed by atoms with E-state index >= 15 is 0 Å². The van der Waals surface area contributed by atoms with Gasteiger partial charge in [-0.1, -0.05) is 12.1 Å². The lowest BCUT2D eigenvalue weighted by atomic mass is 9.90. The molecule has 1 aromatic rings. The van der Waals surface area contributed by atoms with E-state index in [0.29, 0.717) is 6.61 Å². The lowest BCUT2D eigenvalue weighted by Gasteiger charge is -2.19. The molecule has 0 radical (unpaired) electrons. The third kappa shape index (κ3) is 2.99. The van der Waals surface area contributed by atoms with Gasteiger partial charge in [0, 0.05) is 5.69 Å². The quantitative estimate of drug-likeness (QED) is 0.812. The molecule has 0 spiro atoms. The molecule has 1 aliphatic rings. The van der Waals surface area contributed by atoms with Gasteiger partial charge in [0.15, 0.2) is 0 Å². The molecule has 0 saturated heterocycles. The zero-order valence-electron chi connectivity index (χ0n) is 10.3. The maximum absolute atomic E-state index is 11.3. The monoisotopic (exact) mass is 233 g/mol. The van der Waals surface area contributed by atoms with Gasteiger partial charge in [-0.3, -0.25) is 4.79 Å². The molecule has 0 amide bonds. The van der Waals surface area contributed by atoms with E-state index in [4.69, 9.17) is 4.74 Å². The first-order valence-electron chi connectivity index (χ1n) is 6.31. The van der Waals surface area contributed by atoms with Gasteiger partial charge in [0.25, 0.3) is 0 Å². The molecule has 0 heterocycles. The van der Waals surface area contributed by atoms with Crippen LogP contribution >= 0.6 is 0 Å². The number of esters is 1. The maximum Gasteiger partial charge on any atom is 0.325 e. The molecule has 1 aliphatic carbocycles. The summed E-state index contributed by atoms with van der Waals surface area (Å²) in [5.41, 5.74) is 3.89. The fourth-order valence-corrected chi connectivity index (χ4v) is 2.33. The van der Waals surface area contributed by atoms with Crippen molar-refractivity contribution in [2.24, 2.45) is 0 Å². The topological polar surface area (TPSA) is 38.3 Å². The molecule has 0 unspecified atom stereocenters. The Morgan fingerprint density at radius 1 is 1.35 bits per heavy atom. The number of carbonyl (C=O) groups excluding carboxylic acids is 1. The van der Waals surface area contributed by atoms with E-state index in [2.05, 4.69) is 17.4 Å². The molecular weight excluding hydrogens is 214 g/mol. The summed E-state index contributed by atoms with van der Waals surface area (Å²) >= 11 is 0. The third-order valence-corrected chi connectivity index (χ3v) is 3.12. The summed E-state index contributed by atoms with van der Waals surface area (Å²) in [4.78, 5) is 11.3. The summed E-state index contributed by atoms with van der Waals surface area (Å²) in [6, 6.07) is 6.28. The summed E-state index contributed by atoms with van der Waals surface area (Å²) in [6.07, 6.45) is 4.78. The molecule has 1 aromatic carbocycles. The van der Waals surface area contributed by atoms with E-state index in [-0.39, 0.29) is 12.5 Å². The van der Waals surface area contributed by atoms with Crippen LogP contribution in [0.5, 0.6) is 0 Å². The average molecular weight is 233 g/mol. The summed E-state index contributed by atoms with van der Waals surface area (Å²) in [5.74, 6) is -0.194. The molecule has 3 nitrogen and oxygen atoms in total. The third-order valence-electron chi connectivity index (χ3n) is 3.12. The van der Waals surface area contributed by atoms with E-state index in [1.165, 1.54) is 24.0 Å². The highest BCUT2D eigenvalue weighted by atomic mass is 16.5. The van der Waals surface area contributed by atoms with Crippen molar-refractivity contribution in [1.29, 1.82) is 0 Å². The average Bonchev–Trinajstić information content (AvgIpc) is 2.36. The van der Waals surface area contributed by atoms with Crippen molar-refractivity contribution >= 4 is 11.7 Å². The van der Waals surface area contributed by atoms with Gasteiger partial charge in [0.2, 0.25) is 0 Å². The summed E-state index contributed by atoms with van der Waals surface area (Å²) in [6.45, 7) is 2.51. The van der Waals surface area contributed by atoms with Gasteiger partial charge in [-0.2, -0.15) is 0 Å². The Morgan fingerprint density at radius 3 is 3.00 bits per heavy atom. The maximum atomic E-state index is 11.3. The van der Waals surface area contributed by atoms with Crippen LogP contribution in [0.1, 0.15) is 30.9 Å². The first-order valence-corrected chi connectivity index (χ1v) is 6.31. The summed E-state index contributed by atoms with van der Waals surface area (Å²) in [5, 5.41) is 3.18. The second kappa shape index (κ2) is 5.71. The number of fused-ring (bicyclic) bond motifs is 1. The second-order valence-corrected chi connectivity index (χ2v) is 4.31. The number of rotatable bonds is 4. The number of carbonyl (C=O) groups is 1. The number of ether oxygens (including phenoxy) is 1. The molecule has 1 N–H and O–H groups in total. The Bertz CT molecular complexity index is 401. The van der Waals surface area contributed by atoms with Gasteiger partial charge in [-0.15, -0.1) is 0 Å². The van der Waals surface area contributed by atoms with Crippen molar-refractivity contribution in [3.63, 3.8) is 0 Å². The highest BCUT2D eigenvalue weighted by Crippen LogP contribution is 2.27. The highest BCUT2D eigenvalue weighted by Gasteiger charge is 2.13. The normalized spacial score (nSPS) is 13.9. The highest BCUT2D eigenvalue weighted by molar-refractivity contribution is 5.75. The predicted octanol–water partition coefficient (Wildman–Crippen LogP) is 2.54. The van der Waals surface area contributed by atoms with Gasteiger partial charge in [-0.05, 0) is 49.8 Å².